The van der Waals surface area contributed by atoms with E-state index in [1.165, 1.54) is 17.0 Å². The summed E-state index contributed by atoms with van der Waals surface area (Å²) in [6.45, 7) is 5.35. The van der Waals surface area contributed by atoms with Gasteiger partial charge in [-0.15, -0.1) is 0 Å². The first kappa shape index (κ1) is 35.4. The van der Waals surface area contributed by atoms with E-state index in [4.69, 9.17) is 16.3 Å². The Kier molecular flexibility index (Phi) is 12.4. The molecular formula is C36H39ClFN3O5S. The number of benzene rings is 4. The van der Waals surface area contributed by atoms with Crippen LogP contribution in [-0.4, -0.2) is 50.4 Å². The molecule has 0 fully saturated rings. The summed E-state index contributed by atoms with van der Waals surface area (Å²) >= 11 is 6.54. The molecule has 4 aromatic carbocycles. The third-order valence-corrected chi connectivity index (χ3v) is 9.84. The molecule has 8 nitrogen and oxygen atoms in total. The van der Waals surface area contributed by atoms with Crippen LogP contribution in [0.2, 0.25) is 5.02 Å². The van der Waals surface area contributed by atoms with Gasteiger partial charge in [-0.25, -0.2) is 12.8 Å². The summed E-state index contributed by atoms with van der Waals surface area (Å²) in [5, 5.41) is 3.40. The van der Waals surface area contributed by atoms with Gasteiger partial charge in [-0.1, -0.05) is 67.1 Å². The number of sulfonamides is 1. The summed E-state index contributed by atoms with van der Waals surface area (Å²) in [6, 6.07) is 25.8. The maximum atomic E-state index is 14.5. The average Bonchev–Trinajstić information content (AvgIpc) is 3.07. The first-order valence-electron chi connectivity index (χ1n) is 15.4. The minimum absolute atomic E-state index is 0.0579. The van der Waals surface area contributed by atoms with Gasteiger partial charge in [0.1, 0.15) is 24.2 Å². The molecule has 11 heteroatoms. The van der Waals surface area contributed by atoms with E-state index >= 15 is 0 Å². The SMILES string of the molecule is CCOc1ccc(N(CC(=O)N(Cc2ccccc2Cl)[C@@H](Cc2ccccc2)C(=O)N[C@H](C)CC)S(=O)(=O)c2ccc(F)cc2)cc1. The zero-order valence-corrected chi connectivity index (χ0v) is 28.2. The Balaban J connectivity index is 1.81. The molecule has 0 saturated heterocycles. The molecule has 0 aliphatic heterocycles. The first-order chi connectivity index (χ1) is 22.5. The molecule has 248 valence electrons. The van der Waals surface area contributed by atoms with Gasteiger partial charge in [-0.05, 0) is 86.0 Å². The average molecular weight is 680 g/mol. The number of ether oxygens (including phenoxy) is 1. The van der Waals surface area contributed by atoms with Crippen molar-refractivity contribution in [3.8, 4) is 5.75 Å². The standard InChI is InChI=1S/C36H39ClFN3O5S/c1-4-26(3)39-36(43)34(23-27-11-7-6-8-12-27)40(24-28-13-9-10-14-33(28)37)35(42)25-41(30-17-19-31(20-18-30)46-5-2)47(44,45)32-21-15-29(38)16-22-32/h6-22,26,34H,4-5,23-25H2,1-3H3,(H,39,43)/t26-,34+/m1/s1. The van der Waals surface area contributed by atoms with Crippen molar-refractivity contribution in [1.29, 1.82) is 0 Å². The van der Waals surface area contributed by atoms with Crippen LogP contribution < -0.4 is 14.4 Å². The summed E-state index contributed by atoms with van der Waals surface area (Å²) in [5.41, 5.74) is 1.59. The quantitative estimate of drug-likeness (QED) is 0.152. The van der Waals surface area contributed by atoms with E-state index in [1.54, 1.807) is 36.4 Å². The van der Waals surface area contributed by atoms with Crippen LogP contribution in [-0.2, 0) is 32.6 Å². The van der Waals surface area contributed by atoms with Crippen molar-refractivity contribution in [3.05, 3.63) is 125 Å². The van der Waals surface area contributed by atoms with Crippen LogP contribution in [0.4, 0.5) is 10.1 Å². The van der Waals surface area contributed by atoms with Crippen molar-refractivity contribution in [2.75, 3.05) is 17.5 Å². The van der Waals surface area contributed by atoms with Crippen LogP contribution in [0.3, 0.4) is 0 Å². The molecule has 0 radical (unpaired) electrons. The van der Waals surface area contributed by atoms with Gasteiger partial charge in [0.15, 0.2) is 0 Å². The van der Waals surface area contributed by atoms with E-state index in [9.17, 15) is 22.4 Å². The molecule has 47 heavy (non-hydrogen) atoms. The van der Waals surface area contributed by atoms with Gasteiger partial charge < -0.3 is 15.0 Å². The molecule has 2 atom stereocenters. The van der Waals surface area contributed by atoms with Gasteiger partial charge in [0, 0.05) is 24.0 Å². The van der Waals surface area contributed by atoms with Gasteiger partial charge in [0.25, 0.3) is 10.0 Å². The molecule has 0 spiro atoms. The van der Waals surface area contributed by atoms with Crippen molar-refractivity contribution in [2.45, 2.75) is 57.1 Å². The number of hydrogen-bond donors (Lipinski definition) is 1. The summed E-state index contributed by atoms with van der Waals surface area (Å²) in [4.78, 5) is 29.7. The second-order valence-electron chi connectivity index (χ2n) is 11.0. The van der Waals surface area contributed by atoms with E-state index in [0.29, 0.717) is 29.4 Å². The first-order valence-corrected chi connectivity index (χ1v) is 17.2. The number of carbonyl (C=O) groups is 2. The maximum absolute atomic E-state index is 14.5. The number of rotatable bonds is 15. The lowest BCUT2D eigenvalue weighted by Crippen LogP contribution is -2.54. The zero-order valence-electron chi connectivity index (χ0n) is 26.6. The Hall–Kier alpha value is -4.41. The minimum Gasteiger partial charge on any atom is -0.494 e. The van der Waals surface area contributed by atoms with Crippen molar-refractivity contribution in [1.82, 2.24) is 10.2 Å². The number of nitrogens with zero attached hydrogens (tertiary/aromatic N) is 2. The second-order valence-corrected chi connectivity index (χ2v) is 13.3. The lowest BCUT2D eigenvalue weighted by atomic mass is 10.0. The zero-order chi connectivity index (χ0) is 34.0. The second kappa shape index (κ2) is 16.4. The predicted octanol–water partition coefficient (Wildman–Crippen LogP) is 6.63. The van der Waals surface area contributed by atoms with Crippen LogP contribution in [0, 0.1) is 5.82 Å². The van der Waals surface area contributed by atoms with Crippen molar-refractivity contribution in [2.24, 2.45) is 0 Å². The van der Waals surface area contributed by atoms with E-state index in [1.807, 2.05) is 51.1 Å². The van der Waals surface area contributed by atoms with Crippen molar-refractivity contribution >= 4 is 39.1 Å². The summed E-state index contributed by atoms with van der Waals surface area (Å²) < 4.78 is 48.5. The van der Waals surface area contributed by atoms with Crippen LogP contribution in [0.5, 0.6) is 5.75 Å². The van der Waals surface area contributed by atoms with Crippen LogP contribution in [0.1, 0.15) is 38.3 Å². The molecule has 4 aromatic rings. The molecule has 0 saturated carbocycles. The molecule has 0 aliphatic carbocycles. The Morgan fingerprint density at radius 3 is 2.15 bits per heavy atom. The molecule has 4 rings (SSSR count). The van der Waals surface area contributed by atoms with E-state index in [2.05, 4.69) is 5.32 Å². The summed E-state index contributed by atoms with van der Waals surface area (Å²) in [5.74, 6) is -1.09. The van der Waals surface area contributed by atoms with Crippen LogP contribution >= 0.6 is 11.6 Å². The number of amides is 2. The molecule has 0 unspecified atom stereocenters. The Bertz CT molecular complexity index is 1740. The lowest BCUT2D eigenvalue weighted by molar-refractivity contribution is -0.140. The van der Waals surface area contributed by atoms with Gasteiger partial charge in [0.05, 0.1) is 17.2 Å². The fourth-order valence-electron chi connectivity index (χ4n) is 4.94. The highest BCUT2D eigenvalue weighted by atomic mass is 35.5. The molecule has 2 amide bonds. The van der Waals surface area contributed by atoms with Gasteiger partial charge >= 0.3 is 0 Å². The fraction of sp³-hybridized carbons (Fsp3) is 0.278. The number of hydrogen-bond acceptors (Lipinski definition) is 5. The van der Waals surface area contributed by atoms with Gasteiger partial charge in [-0.2, -0.15) is 0 Å². The largest absolute Gasteiger partial charge is 0.494 e. The Labute approximate surface area is 281 Å². The Morgan fingerprint density at radius 1 is 0.894 bits per heavy atom. The van der Waals surface area contributed by atoms with E-state index in [0.717, 1.165) is 34.1 Å². The van der Waals surface area contributed by atoms with Crippen LogP contribution in [0.25, 0.3) is 0 Å². The number of nitrogens with one attached hydrogen (secondary N) is 1. The fourth-order valence-corrected chi connectivity index (χ4v) is 6.55. The molecule has 1 N–H and O–H groups in total. The minimum atomic E-state index is -4.38. The molecule has 0 bridgehead atoms. The Morgan fingerprint density at radius 2 is 1.53 bits per heavy atom. The van der Waals surface area contributed by atoms with E-state index < -0.39 is 34.3 Å². The van der Waals surface area contributed by atoms with Crippen molar-refractivity contribution in [3.63, 3.8) is 0 Å². The highest BCUT2D eigenvalue weighted by Gasteiger charge is 2.35. The maximum Gasteiger partial charge on any atom is 0.264 e. The molecule has 0 aromatic heterocycles. The highest BCUT2D eigenvalue weighted by Crippen LogP contribution is 2.28. The lowest BCUT2D eigenvalue weighted by Gasteiger charge is -2.34. The third kappa shape index (κ3) is 9.33. The topological polar surface area (TPSA) is 96.0 Å². The summed E-state index contributed by atoms with van der Waals surface area (Å²) in [6.07, 6.45) is 0.844. The van der Waals surface area contributed by atoms with Gasteiger partial charge in [-0.3, -0.25) is 13.9 Å². The van der Waals surface area contributed by atoms with Crippen molar-refractivity contribution < 1.29 is 27.1 Å². The summed E-state index contributed by atoms with van der Waals surface area (Å²) in [7, 11) is -4.38. The molecule has 0 aliphatic rings. The predicted molar refractivity (Wildman–Crippen MR) is 182 cm³/mol. The smallest absolute Gasteiger partial charge is 0.264 e. The normalized spacial score (nSPS) is 12.5. The highest BCUT2D eigenvalue weighted by molar-refractivity contribution is 7.92. The number of halogens is 2. The monoisotopic (exact) mass is 679 g/mol. The third-order valence-electron chi connectivity index (χ3n) is 7.69. The number of carbonyl (C=O) groups excluding carboxylic acids is 2. The molecular weight excluding hydrogens is 641 g/mol. The van der Waals surface area contributed by atoms with E-state index in [-0.39, 0.29) is 35.5 Å². The van der Waals surface area contributed by atoms with Crippen LogP contribution in [0.15, 0.2) is 108 Å². The number of anilines is 1. The van der Waals surface area contributed by atoms with Gasteiger partial charge in [0.2, 0.25) is 11.8 Å². The molecule has 0 heterocycles.